The van der Waals surface area contributed by atoms with Gasteiger partial charge in [-0.2, -0.15) is 0 Å². The Kier molecular flexibility index (Phi) is 6.99. The molecule has 0 spiro atoms. The van der Waals surface area contributed by atoms with Crippen molar-refractivity contribution >= 4 is 8.32 Å². The summed E-state index contributed by atoms with van der Waals surface area (Å²) in [5.41, 5.74) is 4.93. The number of allylic oxidation sites excluding steroid dienone is 4. The summed E-state index contributed by atoms with van der Waals surface area (Å²) in [4.78, 5) is 0. The third kappa shape index (κ3) is 4.35. The molecule has 0 saturated heterocycles. The quantitative estimate of drug-likeness (QED) is 0.269. The lowest BCUT2D eigenvalue weighted by Crippen LogP contribution is -2.48. The first-order chi connectivity index (χ1) is 15.6. The van der Waals surface area contributed by atoms with Crippen LogP contribution < -0.4 is 0 Å². The summed E-state index contributed by atoms with van der Waals surface area (Å²) >= 11 is 0. The van der Waals surface area contributed by atoms with Crippen molar-refractivity contribution < 1.29 is 4.43 Å². The van der Waals surface area contributed by atoms with Gasteiger partial charge in [0.2, 0.25) is 0 Å². The van der Waals surface area contributed by atoms with Crippen LogP contribution in [0.5, 0.6) is 0 Å². The Hall–Kier alpha value is -0.343. The van der Waals surface area contributed by atoms with Crippen molar-refractivity contribution in [3.05, 3.63) is 23.3 Å². The second kappa shape index (κ2) is 8.90. The predicted octanol–water partition coefficient (Wildman–Crippen LogP) is 9.95. The van der Waals surface area contributed by atoms with Crippen LogP contribution in [-0.4, -0.2) is 14.9 Å². The van der Waals surface area contributed by atoms with E-state index in [2.05, 4.69) is 80.6 Å². The van der Waals surface area contributed by atoms with E-state index in [1.807, 2.05) is 5.57 Å². The molecule has 6 atom stereocenters. The molecule has 3 fully saturated rings. The SMILES string of the molecule is C[C@H](CCCO[Si](C)(C)C(C)(C)C)[C@H]1CC[C@H]2C3=CC=C4C(C)(C)CCC[C@]4(C)[C@H]3CC[C@]12C. The van der Waals surface area contributed by atoms with Crippen LogP contribution >= 0.6 is 0 Å². The van der Waals surface area contributed by atoms with Crippen LogP contribution in [0.3, 0.4) is 0 Å². The summed E-state index contributed by atoms with van der Waals surface area (Å²) in [7, 11) is -1.62. The first kappa shape index (κ1) is 26.7. The van der Waals surface area contributed by atoms with Gasteiger partial charge < -0.3 is 4.43 Å². The first-order valence-corrected chi connectivity index (χ1v) is 17.6. The van der Waals surface area contributed by atoms with Crippen molar-refractivity contribution in [2.45, 2.75) is 131 Å². The average Bonchev–Trinajstić information content (AvgIpc) is 3.07. The lowest BCUT2D eigenvalue weighted by molar-refractivity contribution is 0.0369. The van der Waals surface area contributed by atoms with Crippen molar-refractivity contribution in [1.82, 2.24) is 0 Å². The highest BCUT2D eigenvalue weighted by Crippen LogP contribution is 2.67. The molecule has 1 nitrogen and oxygen atoms in total. The molecule has 3 saturated carbocycles. The third-order valence-corrected chi connectivity index (χ3v) is 16.5. The lowest BCUT2D eigenvalue weighted by atomic mass is 9.47. The van der Waals surface area contributed by atoms with E-state index in [1.54, 1.807) is 5.57 Å². The third-order valence-electron chi connectivity index (χ3n) is 12.0. The van der Waals surface area contributed by atoms with E-state index in [4.69, 9.17) is 4.43 Å². The summed E-state index contributed by atoms with van der Waals surface area (Å²) in [5.74, 6) is 3.32. The van der Waals surface area contributed by atoms with E-state index in [1.165, 1.54) is 57.8 Å². The molecule has 4 aliphatic carbocycles. The molecule has 0 aromatic carbocycles. The molecule has 2 heteroatoms. The Bertz CT molecular complexity index is 826. The van der Waals surface area contributed by atoms with Gasteiger partial charge in [-0.25, -0.2) is 0 Å². The van der Waals surface area contributed by atoms with Gasteiger partial charge in [-0.05, 0) is 109 Å². The zero-order valence-corrected chi connectivity index (χ0v) is 25.4. The van der Waals surface area contributed by atoms with E-state index < -0.39 is 8.32 Å². The van der Waals surface area contributed by atoms with Gasteiger partial charge in [-0.15, -0.1) is 0 Å². The highest BCUT2D eigenvalue weighted by molar-refractivity contribution is 6.74. The number of fused-ring (bicyclic) bond motifs is 5. The first-order valence-electron chi connectivity index (χ1n) is 14.7. The van der Waals surface area contributed by atoms with Crippen molar-refractivity contribution in [3.63, 3.8) is 0 Å². The molecule has 0 radical (unpaired) electrons. The molecular formula is C32H56OSi. The van der Waals surface area contributed by atoms with Gasteiger partial charge >= 0.3 is 0 Å². The molecule has 34 heavy (non-hydrogen) atoms. The normalized spacial score (nSPS) is 38.4. The summed E-state index contributed by atoms with van der Waals surface area (Å²) in [6.07, 6.45) is 17.7. The molecular weight excluding hydrogens is 428 g/mol. The van der Waals surface area contributed by atoms with Crippen LogP contribution in [0.2, 0.25) is 18.1 Å². The minimum Gasteiger partial charge on any atom is -0.417 e. The van der Waals surface area contributed by atoms with Crippen LogP contribution in [0.4, 0.5) is 0 Å². The van der Waals surface area contributed by atoms with E-state index in [-0.39, 0.29) is 0 Å². The Morgan fingerprint density at radius 2 is 1.68 bits per heavy atom. The number of hydrogen-bond donors (Lipinski definition) is 0. The van der Waals surface area contributed by atoms with Gasteiger partial charge in [0.25, 0.3) is 0 Å². The fourth-order valence-corrected chi connectivity index (χ4v) is 10.0. The molecule has 0 N–H and O–H groups in total. The molecule has 194 valence electrons. The van der Waals surface area contributed by atoms with Gasteiger partial charge in [0.1, 0.15) is 0 Å². The summed E-state index contributed by atoms with van der Waals surface area (Å²) in [6, 6.07) is 0. The standard InChI is InChI=1S/C32H56OSi/c1-23(13-11-22-33-34(9,10)29(2,3)4)25-15-16-26-24-14-17-28-30(5,6)19-12-20-32(28,8)27(24)18-21-31(25,26)7/h14,17,23,25-27H,11-13,15-16,18-22H2,1-10H3/t23-,25-,26+,27+,31-,32-/m1/s1. The minimum atomic E-state index is -1.62. The molecule has 0 amide bonds. The molecule has 0 heterocycles. The second-order valence-electron chi connectivity index (χ2n) is 15.5. The van der Waals surface area contributed by atoms with Crippen molar-refractivity contribution in [2.75, 3.05) is 6.61 Å². The largest absolute Gasteiger partial charge is 0.417 e. The molecule has 4 aliphatic rings. The van der Waals surface area contributed by atoms with Crippen LogP contribution in [-0.2, 0) is 4.43 Å². The van der Waals surface area contributed by atoms with E-state index >= 15 is 0 Å². The van der Waals surface area contributed by atoms with Gasteiger partial charge in [-0.1, -0.05) is 85.1 Å². The van der Waals surface area contributed by atoms with Crippen LogP contribution in [0.1, 0.15) is 113 Å². The van der Waals surface area contributed by atoms with Gasteiger partial charge in [0.05, 0.1) is 0 Å². The maximum atomic E-state index is 6.51. The van der Waals surface area contributed by atoms with E-state index in [0.29, 0.717) is 21.3 Å². The maximum Gasteiger partial charge on any atom is 0.191 e. The summed E-state index contributed by atoms with van der Waals surface area (Å²) < 4.78 is 6.51. The predicted molar refractivity (Wildman–Crippen MR) is 150 cm³/mol. The molecule has 0 aliphatic heterocycles. The van der Waals surface area contributed by atoms with Crippen molar-refractivity contribution in [1.29, 1.82) is 0 Å². The molecule has 0 aromatic heterocycles. The zero-order chi connectivity index (χ0) is 25.2. The van der Waals surface area contributed by atoms with Crippen LogP contribution in [0, 0.1) is 39.9 Å². The van der Waals surface area contributed by atoms with Crippen molar-refractivity contribution in [3.8, 4) is 0 Å². The van der Waals surface area contributed by atoms with E-state index in [9.17, 15) is 0 Å². The number of rotatable bonds is 6. The Labute approximate surface area is 213 Å². The highest BCUT2D eigenvalue weighted by atomic mass is 28.4. The Balaban J connectivity index is 1.44. The summed E-state index contributed by atoms with van der Waals surface area (Å²) in [6.45, 7) is 25.7. The lowest BCUT2D eigenvalue weighted by Gasteiger charge is -2.57. The second-order valence-corrected chi connectivity index (χ2v) is 20.3. The highest BCUT2D eigenvalue weighted by Gasteiger charge is 2.58. The van der Waals surface area contributed by atoms with Crippen LogP contribution in [0.25, 0.3) is 0 Å². The maximum absolute atomic E-state index is 6.51. The smallest absolute Gasteiger partial charge is 0.191 e. The average molecular weight is 485 g/mol. The van der Waals surface area contributed by atoms with E-state index in [0.717, 1.165) is 30.3 Å². The molecule has 0 unspecified atom stereocenters. The van der Waals surface area contributed by atoms with Gasteiger partial charge in [0, 0.05) is 6.61 Å². The molecule has 0 aromatic rings. The zero-order valence-electron chi connectivity index (χ0n) is 24.4. The Morgan fingerprint density at radius 1 is 0.971 bits per heavy atom. The minimum absolute atomic E-state index is 0.315. The van der Waals surface area contributed by atoms with Gasteiger partial charge in [-0.3, -0.25) is 0 Å². The molecule has 0 bridgehead atoms. The fourth-order valence-electron chi connectivity index (χ4n) is 8.94. The summed E-state index contributed by atoms with van der Waals surface area (Å²) in [5, 5.41) is 0.315. The van der Waals surface area contributed by atoms with Crippen molar-refractivity contribution in [2.24, 2.45) is 39.9 Å². The topological polar surface area (TPSA) is 9.23 Å². The van der Waals surface area contributed by atoms with Crippen LogP contribution in [0.15, 0.2) is 23.3 Å². The fraction of sp³-hybridized carbons (Fsp3) is 0.875. The Morgan fingerprint density at radius 3 is 2.35 bits per heavy atom. The number of hydrogen-bond acceptors (Lipinski definition) is 1. The molecule has 4 rings (SSSR count). The monoisotopic (exact) mass is 484 g/mol. The van der Waals surface area contributed by atoms with Gasteiger partial charge in [0.15, 0.2) is 8.32 Å².